The van der Waals surface area contributed by atoms with E-state index in [2.05, 4.69) is 244 Å². The van der Waals surface area contributed by atoms with Crippen molar-refractivity contribution in [3.8, 4) is 56.0 Å². The zero-order valence-electron chi connectivity index (χ0n) is 40.1. The molecular weight excluding hydrogens is 913 g/mol. The van der Waals surface area contributed by atoms with Crippen LogP contribution in [0, 0.1) is 0 Å². The van der Waals surface area contributed by atoms with Gasteiger partial charge in [0, 0.05) is 76.1 Å². The molecule has 18 rings (SSSR count). The number of para-hydroxylation sites is 2. The van der Waals surface area contributed by atoms with Crippen LogP contribution in [0.5, 0.6) is 0 Å². The predicted molar refractivity (Wildman–Crippen MR) is 311 cm³/mol. The topological polar surface area (TPSA) is 51.9 Å². The summed E-state index contributed by atoms with van der Waals surface area (Å²) < 4.78 is 7.52. The Kier molecular flexibility index (Phi) is 7.51. The van der Waals surface area contributed by atoms with E-state index in [4.69, 9.17) is 15.0 Å². The van der Waals surface area contributed by atoms with Gasteiger partial charge in [0.05, 0.1) is 84.0 Å². The molecule has 0 aliphatic heterocycles. The SMILES string of the molecule is c1ccc(-c2ccc3c(c2)c2cc(-c4ccccc4)nc4c5cc6c7nc(-c8ccccc8)cc8c9cc(-c%10ccccc%10)ncc9n(c6c(-c6cc9c%10ccccc%10n%10c%11ccccc%11c(c6)c9%10)c5n3c24)c87)cc1. The number of rotatable bonds is 5. The Hall–Kier alpha value is -10.2. The molecule has 0 bridgehead atoms. The van der Waals surface area contributed by atoms with Crippen molar-refractivity contribution >= 4 is 115 Å². The van der Waals surface area contributed by atoms with E-state index in [0.717, 1.165) is 111 Å². The third-order valence-electron chi connectivity index (χ3n) is 16.4. The zero-order chi connectivity index (χ0) is 48.6. The standard InChI is InChI=1S/C69H38N6/c1-5-17-39(18-6-1)43-29-30-60-47(31-43)51-36-56(41-21-9-3-10-22-41)71-63-53-34-54-64-69-52(37-57(72-64)42-23-11-4-12-24-42)48-35-55(40-19-7-2-8-20-40)70-38-61(48)75(69)67(54)62(66(53)74(60)68(51)63)44-32-49-45-25-13-15-27-58(45)73-59-28-16-14-26-46(59)50(33-44)65(49)73/h1-38H. The molecule has 0 radical (unpaired) electrons. The van der Waals surface area contributed by atoms with E-state index in [-0.39, 0.29) is 0 Å². The summed E-state index contributed by atoms with van der Waals surface area (Å²) in [4.78, 5) is 16.8. The molecule has 0 N–H and O–H groups in total. The first-order valence-electron chi connectivity index (χ1n) is 25.7. The van der Waals surface area contributed by atoms with E-state index in [9.17, 15) is 0 Å². The minimum Gasteiger partial charge on any atom is -0.308 e. The molecule has 18 aromatic rings. The molecular formula is C69H38N6. The summed E-state index contributed by atoms with van der Waals surface area (Å²) in [5, 5.41) is 11.8. The lowest BCUT2D eigenvalue weighted by Gasteiger charge is -2.12. The quantitative estimate of drug-likeness (QED) is 0.173. The second-order valence-electron chi connectivity index (χ2n) is 20.3. The summed E-state index contributed by atoms with van der Waals surface area (Å²) in [6.45, 7) is 0. The average Bonchev–Trinajstić information content (AvgIpc) is 4.42. The minimum atomic E-state index is 0.933. The van der Waals surface area contributed by atoms with Crippen molar-refractivity contribution in [1.29, 1.82) is 0 Å². The fraction of sp³-hybridized carbons (Fsp3) is 0. The lowest BCUT2D eigenvalue weighted by atomic mass is 9.95. The van der Waals surface area contributed by atoms with Crippen molar-refractivity contribution in [3.63, 3.8) is 0 Å². The summed E-state index contributed by atoms with van der Waals surface area (Å²) in [7, 11) is 0. The molecule has 0 aliphatic carbocycles. The average molecular weight is 951 g/mol. The van der Waals surface area contributed by atoms with Crippen LogP contribution in [0.15, 0.2) is 231 Å². The van der Waals surface area contributed by atoms with Gasteiger partial charge >= 0.3 is 0 Å². The number of aromatic nitrogens is 6. The van der Waals surface area contributed by atoms with Gasteiger partial charge in [0.2, 0.25) is 0 Å². The summed E-state index contributed by atoms with van der Waals surface area (Å²) in [6.07, 6.45) is 2.10. The molecule has 0 saturated carbocycles. The van der Waals surface area contributed by atoms with E-state index >= 15 is 0 Å². The first-order chi connectivity index (χ1) is 37.2. The lowest BCUT2D eigenvalue weighted by molar-refractivity contribution is 1.30. The van der Waals surface area contributed by atoms with Crippen LogP contribution in [0.2, 0.25) is 0 Å². The highest BCUT2D eigenvalue weighted by Crippen LogP contribution is 2.52. The highest BCUT2D eigenvalue weighted by molar-refractivity contribution is 6.34. The molecule has 0 aliphatic rings. The van der Waals surface area contributed by atoms with Crippen molar-refractivity contribution in [2.24, 2.45) is 0 Å². The molecule has 344 valence electrons. The third kappa shape index (κ3) is 5.14. The van der Waals surface area contributed by atoms with Crippen LogP contribution >= 0.6 is 0 Å². The van der Waals surface area contributed by atoms with Crippen molar-refractivity contribution in [3.05, 3.63) is 231 Å². The Balaban J connectivity index is 1.09. The monoisotopic (exact) mass is 950 g/mol. The number of fused-ring (bicyclic) bond motifs is 18. The van der Waals surface area contributed by atoms with E-state index in [1.54, 1.807) is 0 Å². The summed E-state index contributed by atoms with van der Waals surface area (Å²) >= 11 is 0. The second-order valence-corrected chi connectivity index (χ2v) is 20.3. The maximum absolute atomic E-state index is 5.75. The molecule has 0 saturated heterocycles. The van der Waals surface area contributed by atoms with Gasteiger partial charge in [0.25, 0.3) is 0 Å². The van der Waals surface area contributed by atoms with Gasteiger partial charge in [-0.15, -0.1) is 0 Å². The molecule has 0 amide bonds. The second kappa shape index (κ2) is 14.3. The highest BCUT2D eigenvalue weighted by Gasteiger charge is 2.31. The van der Waals surface area contributed by atoms with Gasteiger partial charge in [-0.25, -0.2) is 9.97 Å². The van der Waals surface area contributed by atoms with Crippen molar-refractivity contribution in [1.82, 2.24) is 28.2 Å². The van der Waals surface area contributed by atoms with Crippen molar-refractivity contribution in [2.45, 2.75) is 0 Å². The van der Waals surface area contributed by atoms with Crippen LogP contribution in [0.25, 0.3) is 171 Å². The van der Waals surface area contributed by atoms with Gasteiger partial charge in [0.15, 0.2) is 0 Å². The molecule has 0 atom stereocenters. The number of benzene rings is 9. The first-order valence-corrected chi connectivity index (χ1v) is 25.7. The normalized spacial score (nSPS) is 12.5. The van der Waals surface area contributed by atoms with E-state index in [1.807, 2.05) is 0 Å². The smallest absolute Gasteiger partial charge is 0.0977 e. The van der Waals surface area contributed by atoms with Crippen LogP contribution in [0.3, 0.4) is 0 Å². The lowest BCUT2D eigenvalue weighted by Crippen LogP contribution is -1.92. The molecule has 0 unspecified atom stereocenters. The molecule has 9 aromatic heterocycles. The van der Waals surface area contributed by atoms with Gasteiger partial charge in [0.1, 0.15) is 0 Å². The Morgan fingerprint density at radius 2 is 0.667 bits per heavy atom. The molecule has 9 heterocycles. The fourth-order valence-corrected chi connectivity index (χ4v) is 13.3. The summed E-state index contributed by atoms with van der Waals surface area (Å²) in [6, 6.07) is 81.6. The largest absolute Gasteiger partial charge is 0.308 e. The molecule has 75 heavy (non-hydrogen) atoms. The van der Waals surface area contributed by atoms with Gasteiger partial charge in [-0.2, -0.15) is 0 Å². The number of nitrogens with zero attached hydrogens (tertiary/aromatic N) is 6. The Morgan fingerprint density at radius 1 is 0.240 bits per heavy atom. The van der Waals surface area contributed by atoms with Gasteiger partial charge in [-0.1, -0.05) is 164 Å². The van der Waals surface area contributed by atoms with Crippen LogP contribution < -0.4 is 0 Å². The van der Waals surface area contributed by atoms with E-state index < -0.39 is 0 Å². The van der Waals surface area contributed by atoms with E-state index in [1.165, 1.54) is 60.0 Å². The molecule has 0 fully saturated rings. The minimum absolute atomic E-state index is 0.933. The first kappa shape index (κ1) is 39.4. The molecule has 6 nitrogen and oxygen atoms in total. The highest BCUT2D eigenvalue weighted by atomic mass is 15.0. The van der Waals surface area contributed by atoms with Crippen LogP contribution in [0.4, 0.5) is 0 Å². The van der Waals surface area contributed by atoms with Gasteiger partial charge < -0.3 is 13.2 Å². The van der Waals surface area contributed by atoms with Gasteiger partial charge in [-0.3, -0.25) is 4.98 Å². The number of hydrogen-bond donors (Lipinski definition) is 0. The molecule has 9 aromatic carbocycles. The maximum atomic E-state index is 5.75. The number of pyridine rings is 3. The summed E-state index contributed by atoms with van der Waals surface area (Å²) in [5.41, 5.74) is 22.9. The third-order valence-corrected chi connectivity index (χ3v) is 16.4. The zero-order valence-corrected chi connectivity index (χ0v) is 40.1. The Morgan fingerprint density at radius 3 is 1.23 bits per heavy atom. The Bertz CT molecular complexity index is 5060. The number of hydrogen-bond acceptors (Lipinski definition) is 3. The van der Waals surface area contributed by atoms with Gasteiger partial charge in [-0.05, 0) is 77.4 Å². The van der Waals surface area contributed by atoms with Crippen LogP contribution in [0.1, 0.15) is 0 Å². The Labute approximate surface area is 427 Å². The van der Waals surface area contributed by atoms with Crippen LogP contribution in [-0.4, -0.2) is 28.2 Å². The predicted octanol–water partition coefficient (Wildman–Crippen LogP) is 17.7. The van der Waals surface area contributed by atoms with E-state index in [0.29, 0.717) is 0 Å². The molecule has 6 heteroatoms. The van der Waals surface area contributed by atoms with Crippen molar-refractivity contribution < 1.29 is 0 Å². The molecule has 0 spiro atoms. The van der Waals surface area contributed by atoms with Crippen molar-refractivity contribution in [2.75, 3.05) is 0 Å². The maximum Gasteiger partial charge on any atom is 0.0977 e. The fourth-order valence-electron chi connectivity index (χ4n) is 13.3. The van der Waals surface area contributed by atoms with Crippen LogP contribution in [-0.2, 0) is 0 Å². The summed E-state index contributed by atoms with van der Waals surface area (Å²) in [5.74, 6) is 0.